The Labute approximate surface area is 156 Å². The van der Waals surface area contributed by atoms with Crippen molar-refractivity contribution in [1.29, 1.82) is 0 Å². The first-order valence-electron chi connectivity index (χ1n) is 8.50. The van der Waals surface area contributed by atoms with Crippen molar-refractivity contribution in [3.05, 3.63) is 35.4 Å². The molecule has 1 atom stereocenters. The highest BCUT2D eigenvalue weighted by molar-refractivity contribution is 6.05. The molecule has 1 saturated heterocycles. The van der Waals surface area contributed by atoms with Gasteiger partial charge in [0.05, 0.1) is 14.2 Å². The Balaban J connectivity index is 2.07. The fourth-order valence-corrected chi connectivity index (χ4v) is 3.15. The molecule has 144 valence electrons. The Kier molecular flexibility index (Phi) is 4.82. The molecule has 0 radical (unpaired) electrons. The average Bonchev–Trinajstić information content (AvgIpc) is 3.17. The van der Waals surface area contributed by atoms with E-state index in [2.05, 4.69) is 0 Å². The number of hydrogen-bond donors (Lipinski definition) is 0. The van der Waals surface area contributed by atoms with E-state index in [1.165, 1.54) is 26.0 Å². The number of amides is 1. The van der Waals surface area contributed by atoms with Gasteiger partial charge < -0.3 is 18.9 Å². The average molecular weight is 375 g/mol. The van der Waals surface area contributed by atoms with Crippen LogP contribution in [0.25, 0.3) is 0 Å². The van der Waals surface area contributed by atoms with E-state index in [0.717, 1.165) is 0 Å². The lowest BCUT2D eigenvalue weighted by Gasteiger charge is -2.26. The third-order valence-electron chi connectivity index (χ3n) is 4.60. The molecule has 0 aliphatic carbocycles. The molecule has 3 rings (SSSR count). The maximum atomic E-state index is 13.2. The maximum absolute atomic E-state index is 13.2. The lowest BCUT2D eigenvalue weighted by molar-refractivity contribution is -0.142. The number of ether oxygens (including phenoxy) is 4. The van der Waals surface area contributed by atoms with Crippen LogP contribution in [0.4, 0.5) is 0 Å². The molecule has 8 heteroatoms. The molecule has 0 saturated carbocycles. The summed E-state index contributed by atoms with van der Waals surface area (Å²) in [6, 6.07) is 4.94. The monoisotopic (exact) mass is 375 g/mol. The Hall–Kier alpha value is -3.03. The third kappa shape index (κ3) is 3.22. The van der Waals surface area contributed by atoms with Crippen LogP contribution in [0.3, 0.4) is 0 Å². The lowest BCUT2D eigenvalue weighted by Crippen LogP contribution is -2.33. The number of hydrogen-bond acceptors (Lipinski definition) is 7. The van der Waals surface area contributed by atoms with Gasteiger partial charge in [0.25, 0.3) is 5.78 Å². The number of esters is 1. The summed E-state index contributed by atoms with van der Waals surface area (Å²) < 4.78 is 21.6. The van der Waals surface area contributed by atoms with Crippen molar-refractivity contribution < 1.29 is 33.3 Å². The number of carbonyl (C=O) groups excluding carboxylic acids is 3. The Bertz CT molecular complexity index is 822. The predicted molar refractivity (Wildman–Crippen MR) is 92.7 cm³/mol. The van der Waals surface area contributed by atoms with E-state index in [4.69, 9.17) is 18.9 Å². The minimum absolute atomic E-state index is 0.0259. The van der Waals surface area contributed by atoms with Crippen molar-refractivity contribution in [3.8, 4) is 11.5 Å². The summed E-state index contributed by atoms with van der Waals surface area (Å²) >= 11 is 0. The minimum Gasteiger partial charge on any atom is -0.497 e. The van der Waals surface area contributed by atoms with Gasteiger partial charge in [0.1, 0.15) is 11.5 Å². The zero-order valence-electron chi connectivity index (χ0n) is 15.7. The molecule has 27 heavy (non-hydrogen) atoms. The van der Waals surface area contributed by atoms with Crippen LogP contribution in [0.2, 0.25) is 0 Å². The van der Waals surface area contributed by atoms with E-state index >= 15 is 0 Å². The molecule has 0 spiro atoms. The molecule has 0 bridgehead atoms. The number of ketones is 1. The van der Waals surface area contributed by atoms with Gasteiger partial charge in [-0.2, -0.15) is 0 Å². The summed E-state index contributed by atoms with van der Waals surface area (Å²) in [5, 5.41) is 0. The summed E-state index contributed by atoms with van der Waals surface area (Å²) in [5.41, 5.74) is -1.04. The fourth-order valence-electron chi connectivity index (χ4n) is 3.15. The van der Waals surface area contributed by atoms with Crippen LogP contribution in [0.1, 0.15) is 32.3 Å². The second-order valence-corrected chi connectivity index (χ2v) is 6.44. The number of nitrogens with zero attached hydrogens (tertiary/aromatic N) is 1. The van der Waals surface area contributed by atoms with Crippen LogP contribution in [0.15, 0.2) is 29.8 Å². The topological polar surface area (TPSA) is 91.4 Å². The van der Waals surface area contributed by atoms with Crippen molar-refractivity contribution in [1.82, 2.24) is 4.90 Å². The number of benzene rings is 1. The second kappa shape index (κ2) is 6.94. The van der Waals surface area contributed by atoms with E-state index < -0.39 is 17.4 Å². The summed E-state index contributed by atoms with van der Waals surface area (Å²) in [6.07, 6.45) is 0.981. The van der Waals surface area contributed by atoms with Crippen molar-refractivity contribution >= 4 is 17.7 Å². The second-order valence-electron chi connectivity index (χ2n) is 6.44. The molecule has 2 heterocycles. The molecule has 1 aromatic rings. The zero-order valence-corrected chi connectivity index (χ0v) is 15.7. The predicted octanol–water partition coefficient (Wildman–Crippen LogP) is 1.87. The van der Waals surface area contributed by atoms with Crippen LogP contribution in [-0.2, 0) is 29.5 Å². The first kappa shape index (κ1) is 18.8. The quantitative estimate of drug-likeness (QED) is 0.726. The van der Waals surface area contributed by atoms with Gasteiger partial charge in [-0.05, 0) is 25.5 Å². The number of carbonyl (C=O) groups is 3. The van der Waals surface area contributed by atoms with Crippen LogP contribution in [0, 0.1) is 0 Å². The normalized spacial score (nSPS) is 22.1. The van der Waals surface area contributed by atoms with Crippen LogP contribution in [0.5, 0.6) is 11.5 Å². The summed E-state index contributed by atoms with van der Waals surface area (Å²) in [6.45, 7) is 3.14. The van der Waals surface area contributed by atoms with E-state index in [-0.39, 0.29) is 17.5 Å². The van der Waals surface area contributed by atoms with Gasteiger partial charge in [-0.1, -0.05) is 0 Å². The highest BCUT2D eigenvalue weighted by atomic mass is 16.6. The van der Waals surface area contributed by atoms with Gasteiger partial charge in [-0.15, -0.1) is 0 Å². The van der Waals surface area contributed by atoms with Crippen molar-refractivity contribution in [3.63, 3.8) is 0 Å². The Morgan fingerprint density at radius 2 is 1.78 bits per heavy atom. The van der Waals surface area contributed by atoms with Gasteiger partial charge in [0, 0.05) is 31.5 Å². The van der Waals surface area contributed by atoms with Crippen molar-refractivity contribution in [2.24, 2.45) is 0 Å². The SMILES string of the molecule is COc1cc(OC)cc(C2(C)OC(N3CCCC3=O)=C(OC(C)=O)C2=O)c1. The first-order chi connectivity index (χ1) is 12.8. The molecule has 0 aromatic heterocycles. The molecule has 1 aromatic carbocycles. The fraction of sp³-hybridized carbons (Fsp3) is 0.421. The van der Waals surface area contributed by atoms with Gasteiger partial charge in [0.15, 0.2) is 5.60 Å². The van der Waals surface area contributed by atoms with E-state index in [9.17, 15) is 14.4 Å². The van der Waals surface area contributed by atoms with Crippen molar-refractivity contribution in [2.45, 2.75) is 32.3 Å². The van der Waals surface area contributed by atoms with E-state index in [1.54, 1.807) is 25.1 Å². The van der Waals surface area contributed by atoms with Crippen molar-refractivity contribution in [2.75, 3.05) is 20.8 Å². The molecule has 1 fully saturated rings. The standard InChI is InChI=1S/C19H21NO7/c1-11(21)26-16-17(23)19(2,27-18(16)20-7-5-6-15(20)22)12-8-13(24-3)10-14(9-12)25-4/h8-10H,5-7H2,1-4H3. The van der Waals surface area contributed by atoms with Gasteiger partial charge in [-0.3, -0.25) is 19.3 Å². The maximum Gasteiger partial charge on any atom is 0.308 e. The molecule has 2 aliphatic heterocycles. The Morgan fingerprint density at radius 1 is 1.15 bits per heavy atom. The number of rotatable bonds is 5. The van der Waals surface area contributed by atoms with E-state index in [1.807, 2.05) is 0 Å². The highest BCUT2D eigenvalue weighted by Gasteiger charge is 2.52. The zero-order chi connectivity index (χ0) is 19.8. The molecule has 2 aliphatic rings. The van der Waals surface area contributed by atoms with Gasteiger partial charge in [-0.25, -0.2) is 0 Å². The summed E-state index contributed by atoms with van der Waals surface area (Å²) in [5.74, 6) is -0.747. The Morgan fingerprint density at radius 3 is 2.26 bits per heavy atom. The molecule has 1 unspecified atom stereocenters. The molecule has 0 N–H and O–H groups in total. The first-order valence-corrected chi connectivity index (χ1v) is 8.50. The van der Waals surface area contributed by atoms with Crippen LogP contribution < -0.4 is 9.47 Å². The van der Waals surface area contributed by atoms with Crippen LogP contribution >= 0.6 is 0 Å². The van der Waals surface area contributed by atoms with Gasteiger partial charge in [0.2, 0.25) is 17.5 Å². The largest absolute Gasteiger partial charge is 0.497 e. The molecular weight excluding hydrogens is 354 g/mol. The summed E-state index contributed by atoms with van der Waals surface area (Å²) in [7, 11) is 2.99. The lowest BCUT2D eigenvalue weighted by atomic mass is 9.91. The molecule has 8 nitrogen and oxygen atoms in total. The van der Waals surface area contributed by atoms with Gasteiger partial charge >= 0.3 is 5.97 Å². The van der Waals surface area contributed by atoms with Crippen LogP contribution in [-0.4, -0.2) is 43.3 Å². The molecule has 1 amide bonds. The number of Topliss-reactive ketones (excluding diaryl/α,β-unsaturated/α-hetero) is 1. The highest BCUT2D eigenvalue weighted by Crippen LogP contribution is 2.43. The van der Waals surface area contributed by atoms with E-state index in [0.29, 0.717) is 36.4 Å². The molecular formula is C19H21NO7. The minimum atomic E-state index is -1.50. The smallest absolute Gasteiger partial charge is 0.308 e. The third-order valence-corrected chi connectivity index (χ3v) is 4.60. The number of methoxy groups -OCH3 is 2. The summed E-state index contributed by atoms with van der Waals surface area (Å²) in [4.78, 5) is 38.2. The number of likely N-dealkylation sites (tertiary alicyclic amines) is 1.